The van der Waals surface area contributed by atoms with E-state index in [1.807, 2.05) is 0 Å². The minimum atomic E-state index is -0.424. The van der Waals surface area contributed by atoms with Crippen molar-refractivity contribution in [1.29, 1.82) is 0 Å². The SMILES string of the molecule is O=c1cc(CN(CCO)C2CCCC2)occ1O. The van der Waals surface area contributed by atoms with Gasteiger partial charge >= 0.3 is 0 Å². The van der Waals surface area contributed by atoms with E-state index in [2.05, 4.69) is 4.90 Å². The molecule has 0 spiro atoms. The normalized spacial score (nSPS) is 16.6. The second-order valence-corrected chi connectivity index (χ2v) is 4.73. The Morgan fingerprint density at radius 1 is 1.39 bits per heavy atom. The predicted octanol–water partition coefficient (Wildman–Crippen LogP) is 1.08. The molecule has 1 aromatic heterocycles. The number of nitrogens with zero attached hydrogens (tertiary/aromatic N) is 1. The van der Waals surface area contributed by atoms with E-state index in [0.717, 1.165) is 19.1 Å². The molecule has 100 valence electrons. The summed E-state index contributed by atoms with van der Waals surface area (Å²) in [7, 11) is 0. The molecule has 0 aliphatic heterocycles. The lowest BCUT2D eigenvalue weighted by Crippen LogP contribution is -2.35. The Bertz CT molecular complexity index is 437. The van der Waals surface area contributed by atoms with Gasteiger partial charge in [0.05, 0.1) is 13.2 Å². The van der Waals surface area contributed by atoms with Crippen molar-refractivity contribution in [2.75, 3.05) is 13.2 Å². The summed E-state index contributed by atoms with van der Waals surface area (Å²) in [6, 6.07) is 1.77. The standard InChI is InChI=1S/C13H19NO4/c15-6-5-14(10-3-1-2-4-10)8-11-7-12(16)13(17)9-18-11/h7,9-10,15,17H,1-6,8H2. The number of aromatic hydroxyl groups is 1. The van der Waals surface area contributed by atoms with Crippen LogP contribution in [0, 0.1) is 0 Å². The molecular formula is C13H19NO4. The number of hydrogen-bond acceptors (Lipinski definition) is 5. The highest BCUT2D eigenvalue weighted by atomic mass is 16.4. The molecule has 0 saturated heterocycles. The van der Waals surface area contributed by atoms with Gasteiger partial charge in [-0.15, -0.1) is 0 Å². The quantitative estimate of drug-likeness (QED) is 0.821. The molecule has 0 amide bonds. The third kappa shape index (κ3) is 3.11. The second-order valence-electron chi connectivity index (χ2n) is 4.73. The topological polar surface area (TPSA) is 73.9 Å². The van der Waals surface area contributed by atoms with Gasteiger partial charge in [0.25, 0.3) is 0 Å². The van der Waals surface area contributed by atoms with Crippen LogP contribution in [0.4, 0.5) is 0 Å². The van der Waals surface area contributed by atoms with Crippen LogP contribution in [-0.2, 0) is 6.54 Å². The van der Waals surface area contributed by atoms with Gasteiger partial charge in [0, 0.05) is 18.7 Å². The van der Waals surface area contributed by atoms with Crippen LogP contribution in [-0.4, -0.2) is 34.3 Å². The van der Waals surface area contributed by atoms with Crippen molar-refractivity contribution in [2.45, 2.75) is 38.3 Å². The average molecular weight is 253 g/mol. The summed E-state index contributed by atoms with van der Waals surface area (Å²) in [4.78, 5) is 13.5. The lowest BCUT2D eigenvalue weighted by Gasteiger charge is -2.27. The Hall–Kier alpha value is -1.33. The van der Waals surface area contributed by atoms with Crippen molar-refractivity contribution in [1.82, 2.24) is 4.90 Å². The summed E-state index contributed by atoms with van der Waals surface area (Å²) in [5.74, 6) is 0.159. The van der Waals surface area contributed by atoms with Gasteiger partial charge in [-0.05, 0) is 12.8 Å². The number of rotatable bonds is 5. The van der Waals surface area contributed by atoms with Crippen molar-refractivity contribution in [3.8, 4) is 5.75 Å². The summed E-state index contributed by atoms with van der Waals surface area (Å²) >= 11 is 0. The van der Waals surface area contributed by atoms with Crippen LogP contribution in [0.25, 0.3) is 0 Å². The third-order valence-corrected chi connectivity index (χ3v) is 3.45. The Kier molecular flexibility index (Phi) is 4.38. The van der Waals surface area contributed by atoms with Crippen molar-refractivity contribution >= 4 is 0 Å². The summed E-state index contributed by atoms with van der Waals surface area (Å²) < 4.78 is 5.20. The highest BCUT2D eigenvalue weighted by Gasteiger charge is 2.23. The molecule has 5 nitrogen and oxygen atoms in total. The molecule has 0 radical (unpaired) electrons. The minimum absolute atomic E-state index is 0.0960. The van der Waals surface area contributed by atoms with Gasteiger partial charge in [-0.3, -0.25) is 9.69 Å². The maximum absolute atomic E-state index is 11.3. The van der Waals surface area contributed by atoms with Gasteiger partial charge in [0.1, 0.15) is 12.0 Å². The van der Waals surface area contributed by atoms with Crippen molar-refractivity contribution < 1.29 is 14.6 Å². The first-order valence-corrected chi connectivity index (χ1v) is 6.36. The highest BCUT2D eigenvalue weighted by Crippen LogP contribution is 2.24. The molecular weight excluding hydrogens is 234 g/mol. The van der Waals surface area contributed by atoms with Gasteiger partial charge in [0.2, 0.25) is 5.43 Å². The summed E-state index contributed by atoms with van der Waals surface area (Å²) in [5.41, 5.74) is -0.424. The zero-order valence-electron chi connectivity index (χ0n) is 10.3. The van der Waals surface area contributed by atoms with E-state index in [1.165, 1.54) is 18.9 Å². The molecule has 0 aromatic carbocycles. The highest BCUT2D eigenvalue weighted by molar-refractivity contribution is 5.15. The van der Waals surface area contributed by atoms with Gasteiger partial charge in [-0.25, -0.2) is 0 Å². The molecule has 1 aromatic rings. The molecule has 1 heterocycles. The lowest BCUT2D eigenvalue weighted by atomic mass is 10.2. The fourth-order valence-corrected chi connectivity index (χ4v) is 2.52. The second kappa shape index (κ2) is 6.02. The maximum Gasteiger partial charge on any atom is 0.226 e. The molecule has 1 aliphatic rings. The molecule has 0 bridgehead atoms. The average Bonchev–Trinajstić information content (AvgIpc) is 2.87. The van der Waals surface area contributed by atoms with Gasteiger partial charge in [0.15, 0.2) is 5.75 Å². The van der Waals surface area contributed by atoms with Crippen LogP contribution in [0.5, 0.6) is 5.75 Å². The van der Waals surface area contributed by atoms with Crippen molar-refractivity contribution in [2.24, 2.45) is 0 Å². The zero-order valence-corrected chi connectivity index (χ0v) is 10.3. The van der Waals surface area contributed by atoms with E-state index >= 15 is 0 Å². The first-order valence-electron chi connectivity index (χ1n) is 6.36. The van der Waals surface area contributed by atoms with Crippen molar-refractivity contribution in [3.63, 3.8) is 0 Å². The molecule has 0 atom stereocenters. The molecule has 1 saturated carbocycles. The predicted molar refractivity (Wildman–Crippen MR) is 66.4 cm³/mol. The van der Waals surface area contributed by atoms with Crippen LogP contribution in [0.2, 0.25) is 0 Å². The number of aliphatic hydroxyl groups is 1. The molecule has 18 heavy (non-hydrogen) atoms. The van der Waals surface area contributed by atoms with E-state index in [4.69, 9.17) is 14.6 Å². The molecule has 1 aliphatic carbocycles. The summed E-state index contributed by atoms with van der Waals surface area (Å²) in [6.45, 7) is 1.18. The Morgan fingerprint density at radius 2 is 2.11 bits per heavy atom. The van der Waals surface area contributed by atoms with Crippen molar-refractivity contribution in [3.05, 3.63) is 28.3 Å². The van der Waals surface area contributed by atoms with Gasteiger partial charge < -0.3 is 14.6 Å². The largest absolute Gasteiger partial charge is 0.502 e. The van der Waals surface area contributed by atoms with Crippen LogP contribution >= 0.6 is 0 Å². The molecule has 2 N–H and O–H groups in total. The van der Waals surface area contributed by atoms with Gasteiger partial charge in [-0.2, -0.15) is 0 Å². The van der Waals surface area contributed by atoms with Crippen LogP contribution < -0.4 is 5.43 Å². The fourth-order valence-electron chi connectivity index (χ4n) is 2.52. The van der Waals surface area contributed by atoms with E-state index < -0.39 is 5.43 Å². The molecule has 2 rings (SSSR count). The van der Waals surface area contributed by atoms with Crippen LogP contribution in [0.15, 0.2) is 21.5 Å². The Balaban J connectivity index is 2.07. The summed E-state index contributed by atoms with van der Waals surface area (Å²) in [6.07, 6.45) is 5.76. The number of aliphatic hydroxyl groups excluding tert-OH is 1. The van der Waals surface area contributed by atoms with Gasteiger partial charge in [-0.1, -0.05) is 12.8 Å². The molecule has 0 unspecified atom stereocenters. The van der Waals surface area contributed by atoms with Crippen LogP contribution in [0.3, 0.4) is 0 Å². The molecule has 1 fully saturated rings. The Morgan fingerprint density at radius 3 is 2.72 bits per heavy atom. The maximum atomic E-state index is 11.3. The fraction of sp³-hybridized carbons (Fsp3) is 0.615. The smallest absolute Gasteiger partial charge is 0.226 e. The first kappa shape index (κ1) is 13.1. The first-order chi connectivity index (χ1) is 8.70. The van der Waals surface area contributed by atoms with E-state index in [0.29, 0.717) is 24.9 Å². The van der Waals surface area contributed by atoms with E-state index in [1.54, 1.807) is 0 Å². The lowest BCUT2D eigenvalue weighted by molar-refractivity contribution is 0.135. The molecule has 5 heteroatoms. The van der Waals surface area contributed by atoms with E-state index in [9.17, 15) is 4.79 Å². The third-order valence-electron chi connectivity index (χ3n) is 3.45. The summed E-state index contributed by atoms with van der Waals surface area (Å²) in [5, 5.41) is 18.2. The minimum Gasteiger partial charge on any atom is -0.502 e. The van der Waals surface area contributed by atoms with Crippen LogP contribution in [0.1, 0.15) is 31.4 Å². The Labute approximate surface area is 106 Å². The van der Waals surface area contributed by atoms with E-state index in [-0.39, 0.29) is 12.4 Å². The monoisotopic (exact) mass is 253 g/mol. The number of hydrogen-bond donors (Lipinski definition) is 2. The zero-order chi connectivity index (χ0) is 13.0.